The Kier molecular flexibility index (Phi) is 5.06. The first-order valence-electron chi connectivity index (χ1n) is 6.25. The summed E-state index contributed by atoms with van der Waals surface area (Å²) in [5.41, 5.74) is 6.06. The Morgan fingerprint density at radius 3 is 2.75 bits per heavy atom. The number of nitrogens with zero attached hydrogens (tertiary/aromatic N) is 3. The Morgan fingerprint density at radius 2 is 2.12 bits per heavy atom. The van der Waals surface area contributed by atoms with Crippen LogP contribution in [0.2, 0.25) is 0 Å². The molecule has 0 amide bonds. The van der Waals surface area contributed by atoms with Crippen LogP contribution < -0.4 is 5.73 Å². The Morgan fingerprint density at radius 1 is 1.44 bits per heavy atom. The number of guanidine groups is 1. The second-order valence-corrected chi connectivity index (χ2v) is 5.25. The smallest absolute Gasteiger partial charge is 0.191 e. The first kappa shape index (κ1) is 13.3. The molecule has 0 saturated carbocycles. The normalized spacial score (nSPS) is 24.9. The first-order valence-corrected chi connectivity index (χ1v) is 6.25. The van der Waals surface area contributed by atoms with Crippen molar-refractivity contribution in [3.05, 3.63) is 0 Å². The molecule has 0 bridgehead atoms. The highest BCUT2D eigenvalue weighted by molar-refractivity contribution is 5.78. The Hall–Kier alpha value is -0.770. The maximum absolute atomic E-state index is 6.06. The van der Waals surface area contributed by atoms with E-state index in [1.165, 1.54) is 6.42 Å². The molecule has 4 nitrogen and oxygen atoms in total. The van der Waals surface area contributed by atoms with Crippen molar-refractivity contribution in [2.45, 2.75) is 33.2 Å². The van der Waals surface area contributed by atoms with Crippen LogP contribution in [0.4, 0.5) is 0 Å². The third kappa shape index (κ3) is 4.00. The third-order valence-corrected chi connectivity index (χ3v) is 2.96. The molecule has 1 atom stereocenters. The summed E-state index contributed by atoms with van der Waals surface area (Å²) in [6, 6.07) is 0.461. The van der Waals surface area contributed by atoms with Crippen molar-refractivity contribution in [3.8, 4) is 0 Å². The summed E-state index contributed by atoms with van der Waals surface area (Å²) in [6.45, 7) is 10.6. The number of likely N-dealkylation sites (N-methyl/N-ethyl adjacent to an activating group) is 1. The van der Waals surface area contributed by atoms with Gasteiger partial charge >= 0.3 is 0 Å². The van der Waals surface area contributed by atoms with Crippen LogP contribution in [0, 0.1) is 5.92 Å². The van der Waals surface area contributed by atoms with Crippen molar-refractivity contribution >= 4 is 5.96 Å². The van der Waals surface area contributed by atoms with Gasteiger partial charge in [-0.1, -0.05) is 13.8 Å². The van der Waals surface area contributed by atoms with Crippen LogP contribution in [0.25, 0.3) is 0 Å². The molecular formula is C12H26N4. The number of hydrogen-bond acceptors (Lipinski definition) is 2. The fraction of sp³-hybridized carbons (Fsp3) is 0.917. The lowest BCUT2D eigenvalue weighted by molar-refractivity contribution is 0.283. The number of rotatable bonds is 2. The van der Waals surface area contributed by atoms with Gasteiger partial charge in [0.15, 0.2) is 5.96 Å². The standard InChI is InChI=1S/C12H26N4/c1-10(2)8-14-12(13)16-7-5-6-15(4)9-11(16)3/h10-11H,5-9H2,1-4H3,(H2,13,14). The molecule has 1 saturated heterocycles. The van der Waals surface area contributed by atoms with Gasteiger partial charge in [0.25, 0.3) is 0 Å². The van der Waals surface area contributed by atoms with Crippen LogP contribution in [-0.4, -0.2) is 55.0 Å². The molecule has 0 aliphatic carbocycles. The molecular weight excluding hydrogens is 200 g/mol. The zero-order chi connectivity index (χ0) is 12.1. The van der Waals surface area contributed by atoms with E-state index in [-0.39, 0.29) is 0 Å². The molecule has 1 unspecified atom stereocenters. The number of hydrogen-bond donors (Lipinski definition) is 1. The third-order valence-electron chi connectivity index (χ3n) is 2.96. The summed E-state index contributed by atoms with van der Waals surface area (Å²) in [7, 11) is 2.17. The van der Waals surface area contributed by atoms with Gasteiger partial charge in [0.2, 0.25) is 0 Å². The molecule has 94 valence electrons. The van der Waals surface area contributed by atoms with E-state index in [9.17, 15) is 0 Å². The Bertz CT molecular complexity index is 237. The molecule has 1 fully saturated rings. The molecule has 1 aliphatic rings. The lowest BCUT2D eigenvalue weighted by atomic mass is 10.2. The molecule has 0 radical (unpaired) electrons. The first-order chi connectivity index (χ1) is 7.50. The van der Waals surface area contributed by atoms with Crippen LogP contribution >= 0.6 is 0 Å². The maximum Gasteiger partial charge on any atom is 0.191 e. The highest BCUT2D eigenvalue weighted by Crippen LogP contribution is 2.08. The summed E-state index contributed by atoms with van der Waals surface area (Å²) >= 11 is 0. The minimum atomic E-state index is 0.461. The minimum Gasteiger partial charge on any atom is -0.370 e. The fourth-order valence-corrected chi connectivity index (χ4v) is 2.08. The second-order valence-electron chi connectivity index (χ2n) is 5.25. The van der Waals surface area contributed by atoms with Gasteiger partial charge in [-0.2, -0.15) is 0 Å². The summed E-state index contributed by atoms with van der Waals surface area (Å²) < 4.78 is 0. The average Bonchev–Trinajstić information content (AvgIpc) is 2.35. The lowest BCUT2D eigenvalue weighted by Gasteiger charge is -2.29. The zero-order valence-corrected chi connectivity index (χ0v) is 11.1. The highest BCUT2D eigenvalue weighted by atomic mass is 15.3. The molecule has 0 aromatic heterocycles. The molecule has 0 aromatic rings. The zero-order valence-electron chi connectivity index (χ0n) is 11.1. The predicted molar refractivity (Wildman–Crippen MR) is 69.6 cm³/mol. The van der Waals surface area contributed by atoms with E-state index in [2.05, 4.69) is 42.6 Å². The minimum absolute atomic E-state index is 0.461. The average molecular weight is 226 g/mol. The molecule has 0 aromatic carbocycles. The lowest BCUT2D eigenvalue weighted by Crippen LogP contribution is -2.46. The highest BCUT2D eigenvalue weighted by Gasteiger charge is 2.20. The summed E-state index contributed by atoms with van der Waals surface area (Å²) in [5, 5.41) is 0. The van der Waals surface area contributed by atoms with E-state index in [4.69, 9.17) is 5.73 Å². The molecule has 1 rings (SSSR count). The van der Waals surface area contributed by atoms with Gasteiger partial charge < -0.3 is 15.5 Å². The SMILES string of the molecule is CC(C)CN=C(N)N1CCCN(C)CC1C. The van der Waals surface area contributed by atoms with Crippen molar-refractivity contribution in [2.75, 3.05) is 33.2 Å². The molecule has 1 heterocycles. The van der Waals surface area contributed by atoms with Gasteiger partial charge in [0.05, 0.1) is 0 Å². The van der Waals surface area contributed by atoms with E-state index in [0.717, 1.165) is 32.1 Å². The maximum atomic E-state index is 6.06. The van der Waals surface area contributed by atoms with Crippen molar-refractivity contribution in [1.82, 2.24) is 9.80 Å². The monoisotopic (exact) mass is 226 g/mol. The van der Waals surface area contributed by atoms with E-state index in [0.29, 0.717) is 12.0 Å². The van der Waals surface area contributed by atoms with Crippen molar-refractivity contribution < 1.29 is 0 Å². The molecule has 0 spiro atoms. The predicted octanol–water partition coefficient (Wildman–Crippen LogP) is 0.983. The van der Waals surface area contributed by atoms with Crippen LogP contribution in [0.5, 0.6) is 0 Å². The van der Waals surface area contributed by atoms with Crippen molar-refractivity contribution in [3.63, 3.8) is 0 Å². The van der Waals surface area contributed by atoms with E-state index in [1.54, 1.807) is 0 Å². The van der Waals surface area contributed by atoms with Crippen molar-refractivity contribution in [1.29, 1.82) is 0 Å². The second kappa shape index (κ2) is 6.09. The van der Waals surface area contributed by atoms with Gasteiger partial charge in [-0.05, 0) is 32.9 Å². The quantitative estimate of drug-likeness (QED) is 0.564. The topological polar surface area (TPSA) is 44.9 Å². The van der Waals surface area contributed by atoms with E-state index >= 15 is 0 Å². The molecule has 2 N–H and O–H groups in total. The van der Waals surface area contributed by atoms with Crippen LogP contribution in [0.3, 0.4) is 0 Å². The number of nitrogens with two attached hydrogens (primary N) is 1. The van der Waals surface area contributed by atoms with Gasteiger partial charge in [0, 0.05) is 25.7 Å². The van der Waals surface area contributed by atoms with Crippen LogP contribution in [0.15, 0.2) is 4.99 Å². The summed E-state index contributed by atoms with van der Waals surface area (Å²) in [4.78, 5) is 9.07. The molecule has 4 heteroatoms. The Labute approximate surface area is 99.5 Å². The fourth-order valence-electron chi connectivity index (χ4n) is 2.08. The number of aliphatic imine (C=N–C) groups is 1. The van der Waals surface area contributed by atoms with Crippen molar-refractivity contribution in [2.24, 2.45) is 16.6 Å². The van der Waals surface area contributed by atoms with Crippen LogP contribution in [0.1, 0.15) is 27.2 Å². The summed E-state index contributed by atoms with van der Waals surface area (Å²) in [5.74, 6) is 1.29. The van der Waals surface area contributed by atoms with Gasteiger partial charge in [-0.15, -0.1) is 0 Å². The van der Waals surface area contributed by atoms with E-state index in [1.807, 2.05) is 0 Å². The van der Waals surface area contributed by atoms with E-state index < -0.39 is 0 Å². The Balaban J connectivity index is 2.59. The largest absolute Gasteiger partial charge is 0.370 e. The van der Waals surface area contributed by atoms with Crippen LogP contribution in [-0.2, 0) is 0 Å². The molecule has 16 heavy (non-hydrogen) atoms. The van der Waals surface area contributed by atoms with Gasteiger partial charge in [0.1, 0.15) is 0 Å². The molecule has 1 aliphatic heterocycles. The van der Waals surface area contributed by atoms with Gasteiger partial charge in [-0.3, -0.25) is 4.99 Å². The summed E-state index contributed by atoms with van der Waals surface area (Å²) in [6.07, 6.45) is 1.17. The van der Waals surface area contributed by atoms with Gasteiger partial charge in [-0.25, -0.2) is 0 Å².